The number of hydrogen-bond acceptors (Lipinski definition) is 3. The molecule has 0 bridgehead atoms. The summed E-state index contributed by atoms with van der Waals surface area (Å²) in [4.78, 5) is 28.2. The minimum atomic E-state index is -0.277. The van der Waals surface area contributed by atoms with Crippen LogP contribution in [0.25, 0.3) is 0 Å². The van der Waals surface area contributed by atoms with Gasteiger partial charge in [-0.15, -0.1) is 0 Å². The topological polar surface area (TPSA) is 78.3 Å². The molecule has 106 valence electrons. The summed E-state index contributed by atoms with van der Waals surface area (Å²) in [5.41, 5.74) is 1.57. The molecule has 2 rings (SSSR count). The minimum Gasteiger partial charge on any atom is -0.393 e. The Morgan fingerprint density at radius 2 is 2.00 bits per heavy atom. The van der Waals surface area contributed by atoms with Gasteiger partial charge in [0.25, 0.3) is 0 Å². The van der Waals surface area contributed by atoms with Crippen molar-refractivity contribution in [3.63, 3.8) is 0 Å². The molecule has 1 fully saturated rings. The molecule has 19 heavy (non-hydrogen) atoms. The standard InChI is InChI=1S/C13H21N3O3/c1-9-10(2)16(13(19)14-9)8-5-12(18)15-6-3-11(17)4-7-15/h11,17H,3-8H2,1-2H3,(H,14,19). The third-order valence-electron chi connectivity index (χ3n) is 3.85. The lowest BCUT2D eigenvalue weighted by molar-refractivity contribution is -0.133. The molecule has 1 aliphatic heterocycles. The van der Waals surface area contributed by atoms with Crippen molar-refractivity contribution in [2.24, 2.45) is 0 Å². The molecule has 0 aliphatic carbocycles. The van der Waals surface area contributed by atoms with Crippen molar-refractivity contribution in [2.75, 3.05) is 13.1 Å². The summed E-state index contributed by atoms with van der Waals surface area (Å²) in [6.07, 6.45) is 1.34. The Labute approximate surface area is 112 Å². The van der Waals surface area contributed by atoms with E-state index in [-0.39, 0.29) is 17.7 Å². The van der Waals surface area contributed by atoms with E-state index in [0.29, 0.717) is 38.9 Å². The third kappa shape index (κ3) is 3.07. The van der Waals surface area contributed by atoms with Crippen molar-refractivity contribution in [1.82, 2.24) is 14.5 Å². The van der Waals surface area contributed by atoms with E-state index < -0.39 is 0 Å². The summed E-state index contributed by atoms with van der Waals surface area (Å²) in [7, 11) is 0. The van der Waals surface area contributed by atoms with Crippen molar-refractivity contribution >= 4 is 5.91 Å². The fourth-order valence-electron chi connectivity index (χ4n) is 2.42. The fraction of sp³-hybridized carbons (Fsp3) is 0.692. The zero-order valence-corrected chi connectivity index (χ0v) is 11.5. The van der Waals surface area contributed by atoms with Gasteiger partial charge in [0.1, 0.15) is 0 Å². The summed E-state index contributed by atoms with van der Waals surface area (Å²) in [6, 6.07) is 0. The number of aryl methyl sites for hydroxylation is 1. The third-order valence-corrected chi connectivity index (χ3v) is 3.85. The number of nitrogens with zero attached hydrogens (tertiary/aromatic N) is 2. The Morgan fingerprint density at radius 1 is 1.37 bits per heavy atom. The van der Waals surface area contributed by atoms with Crippen LogP contribution in [0, 0.1) is 13.8 Å². The number of H-pyrrole nitrogens is 1. The molecular weight excluding hydrogens is 246 g/mol. The van der Waals surface area contributed by atoms with Crippen LogP contribution in [0.2, 0.25) is 0 Å². The molecule has 1 aromatic heterocycles. The van der Waals surface area contributed by atoms with Gasteiger partial charge in [-0.3, -0.25) is 9.36 Å². The number of aliphatic hydroxyl groups is 1. The summed E-state index contributed by atoms with van der Waals surface area (Å²) in [6.45, 7) is 5.35. The molecule has 2 heterocycles. The monoisotopic (exact) mass is 267 g/mol. The summed E-state index contributed by atoms with van der Waals surface area (Å²) < 4.78 is 1.60. The lowest BCUT2D eigenvalue weighted by atomic mass is 10.1. The normalized spacial score (nSPS) is 16.9. The highest BCUT2D eigenvalue weighted by molar-refractivity contribution is 5.76. The lowest BCUT2D eigenvalue weighted by Crippen LogP contribution is -2.40. The quantitative estimate of drug-likeness (QED) is 0.819. The fourth-order valence-corrected chi connectivity index (χ4v) is 2.42. The Morgan fingerprint density at radius 3 is 2.53 bits per heavy atom. The molecule has 6 heteroatoms. The van der Waals surface area contributed by atoms with Crippen LogP contribution in [0.3, 0.4) is 0 Å². The number of nitrogens with one attached hydrogen (secondary N) is 1. The maximum atomic E-state index is 12.0. The van der Waals surface area contributed by atoms with Gasteiger partial charge in [-0.1, -0.05) is 0 Å². The van der Waals surface area contributed by atoms with Gasteiger partial charge in [0.15, 0.2) is 0 Å². The average molecular weight is 267 g/mol. The number of carbonyl (C=O) groups excluding carboxylic acids is 1. The van der Waals surface area contributed by atoms with Crippen LogP contribution in [0.4, 0.5) is 0 Å². The first-order valence-corrected chi connectivity index (χ1v) is 6.71. The summed E-state index contributed by atoms with van der Waals surface area (Å²) in [5, 5.41) is 9.40. The van der Waals surface area contributed by atoms with Crippen LogP contribution < -0.4 is 5.69 Å². The number of piperidine rings is 1. The second kappa shape index (κ2) is 5.61. The molecular formula is C13H21N3O3. The molecule has 1 aliphatic rings. The minimum absolute atomic E-state index is 0.0528. The Kier molecular flexibility index (Phi) is 4.09. The first-order valence-electron chi connectivity index (χ1n) is 6.71. The van der Waals surface area contributed by atoms with E-state index in [0.717, 1.165) is 11.4 Å². The number of amides is 1. The Bertz CT molecular complexity index is 510. The highest BCUT2D eigenvalue weighted by atomic mass is 16.3. The van der Waals surface area contributed by atoms with Gasteiger partial charge in [0, 0.05) is 37.4 Å². The van der Waals surface area contributed by atoms with E-state index in [1.54, 1.807) is 9.47 Å². The summed E-state index contributed by atoms with van der Waals surface area (Å²) >= 11 is 0. The molecule has 1 aromatic rings. The SMILES string of the molecule is Cc1[nH]c(=O)n(CCC(=O)N2CCC(O)CC2)c1C. The highest BCUT2D eigenvalue weighted by Gasteiger charge is 2.21. The van der Waals surface area contributed by atoms with Crippen LogP contribution in [-0.4, -0.2) is 44.7 Å². The van der Waals surface area contributed by atoms with Gasteiger partial charge in [0.05, 0.1) is 6.10 Å². The second-order valence-electron chi connectivity index (χ2n) is 5.15. The predicted molar refractivity (Wildman–Crippen MR) is 71.0 cm³/mol. The smallest absolute Gasteiger partial charge is 0.325 e. The van der Waals surface area contributed by atoms with Gasteiger partial charge in [0.2, 0.25) is 5.91 Å². The van der Waals surface area contributed by atoms with Gasteiger partial charge in [-0.2, -0.15) is 0 Å². The molecule has 0 saturated carbocycles. The lowest BCUT2D eigenvalue weighted by Gasteiger charge is -2.29. The van der Waals surface area contributed by atoms with Gasteiger partial charge in [-0.25, -0.2) is 4.79 Å². The average Bonchev–Trinajstić information content (AvgIpc) is 2.62. The molecule has 6 nitrogen and oxygen atoms in total. The maximum absolute atomic E-state index is 12.0. The second-order valence-corrected chi connectivity index (χ2v) is 5.15. The number of aromatic nitrogens is 2. The predicted octanol–water partition coefficient (Wildman–Crippen LogP) is 0.167. The summed E-state index contributed by atoms with van der Waals surface area (Å²) in [5.74, 6) is 0.0528. The Hall–Kier alpha value is -1.56. The van der Waals surface area contributed by atoms with E-state index in [1.165, 1.54) is 0 Å². The molecule has 0 atom stereocenters. The van der Waals surface area contributed by atoms with Crippen molar-refractivity contribution < 1.29 is 9.90 Å². The van der Waals surface area contributed by atoms with E-state index in [9.17, 15) is 14.7 Å². The number of imidazole rings is 1. The number of aliphatic hydroxyl groups excluding tert-OH is 1. The number of likely N-dealkylation sites (tertiary alicyclic amines) is 1. The van der Waals surface area contributed by atoms with Gasteiger partial charge >= 0.3 is 5.69 Å². The number of rotatable bonds is 3. The van der Waals surface area contributed by atoms with E-state index in [4.69, 9.17) is 0 Å². The van der Waals surface area contributed by atoms with Crippen LogP contribution in [0.15, 0.2) is 4.79 Å². The molecule has 0 spiro atoms. The molecule has 1 saturated heterocycles. The number of aromatic amines is 1. The zero-order chi connectivity index (χ0) is 14.0. The van der Waals surface area contributed by atoms with Crippen LogP contribution in [-0.2, 0) is 11.3 Å². The van der Waals surface area contributed by atoms with E-state index >= 15 is 0 Å². The maximum Gasteiger partial charge on any atom is 0.325 e. The van der Waals surface area contributed by atoms with E-state index in [2.05, 4.69) is 4.98 Å². The van der Waals surface area contributed by atoms with Crippen molar-refractivity contribution in [3.05, 3.63) is 21.9 Å². The molecule has 0 radical (unpaired) electrons. The van der Waals surface area contributed by atoms with Crippen molar-refractivity contribution in [1.29, 1.82) is 0 Å². The van der Waals surface area contributed by atoms with Crippen molar-refractivity contribution in [2.45, 2.75) is 45.8 Å². The van der Waals surface area contributed by atoms with Gasteiger partial charge in [-0.05, 0) is 26.7 Å². The molecule has 1 amide bonds. The highest BCUT2D eigenvalue weighted by Crippen LogP contribution is 2.11. The van der Waals surface area contributed by atoms with Crippen LogP contribution in [0.5, 0.6) is 0 Å². The first-order chi connectivity index (χ1) is 8.99. The van der Waals surface area contributed by atoms with E-state index in [1.807, 2.05) is 13.8 Å². The number of carbonyl (C=O) groups is 1. The van der Waals surface area contributed by atoms with Crippen LogP contribution >= 0.6 is 0 Å². The molecule has 0 unspecified atom stereocenters. The van der Waals surface area contributed by atoms with Crippen LogP contribution in [0.1, 0.15) is 30.7 Å². The van der Waals surface area contributed by atoms with Gasteiger partial charge < -0.3 is 15.0 Å². The zero-order valence-electron chi connectivity index (χ0n) is 11.5. The largest absolute Gasteiger partial charge is 0.393 e. The molecule has 2 N–H and O–H groups in total. The van der Waals surface area contributed by atoms with Crippen molar-refractivity contribution in [3.8, 4) is 0 Å². The number of hydrogen-bond donors (Lipinski definition) is 2. The first kappa shape index (κ1) is 13.9. The molecule has 0 aromatic carbocycles. The Balaban J connectivity index is 1.92.